The number of ketones is 1. The second kappa shape index (κ2) is 9.56. The number of aromatic nitrogens is 3. The SMILES string of the molecule is CNS(=O)(=O)O[C@@H]1C[C@H](Nc2ncncc2C(=O)c2ccn(C3(c4cccc(Cl)c4)CC3)c2)C[C@@H]1O. The highest BCUT2D eigenvalue weighted by atomic mass is 35.5. The molecule has 0 radical (unpaired) electrons. The summed E-state index contributed by atoms with van der Waals surface area (Å²) in [5.41, 5.74) is 1.67. The molecule has 2 heterocycles. The van der Waals surface area contributed by atoms with Crippen LogP contribution in [-0.4, -0.2) is 59.1 Å². The first-order chi connectivity index (χ1) is 17.2. The van der Waals surface area contributed by atoms with E-state index in [1.54, 1.807) is 6.07 Å². The quantitative estimate of drug-likeness (QED) is 0.358. The smallest absolute Gasteiger partial charge is 0.335 e. The Balaban J connectivity index is 1.33. The molecule has 3 atom stereocenters. The molecular weight excluding hydrogens is 506 g/mol. The lowest BCUT2D eigenvalue weighted by Gasteiger charge is -2.18. The largest absolute Gasteiger partial charge is 0.390 e. The minimum absolute atomic E-state index is 0.208. The van der Waals surface area contributed by atoms with E-state index in [0.29, 0.717) is 16.4 Å². The second-order valence-corrected chi connectivity index (χ2v) is 11.1. The third-order valence-corrected chi connectivity index (χ3v) is 8.04. The topological polar surface area (TPSA) is 135 Å². The van der Waals surface area contributed by atoms with E-state index in [2.05, 4.69) is 24.6 Å². The number of aliphatic hydroxyl groups is 1. The molecule has 0 aliphatic heterocycles. The Hall–Kier alpha value is -2.83. The number of rotatable bonds is 9. The van der Waals surface area contributed by atoms with Crippen LogP contribution >= 0.6 is 11.6 Å². The summed E-state index contributed by atoms with van der Waals surface area (Å²) >= 11 is 6.21. The number of benzene rings is 1. The second-order valence-electron chi connectivity index (χ2n) is 9.14. The van der Waals surface area contributed by atoms with Gasteiger partial charge in [0.2, 0.25) is 0 Å². The van der Waals surface area contributed by atoms with Gasteiger partial charge < -0.3 is 15.0 Å². The molecule has 0 bridgehead atoms. The molecule has 0 amide bonds. The molecule has 1 aromatic carbocycles. The summed E-state index contributed by atoms with van der Waals surface area (Å²) in [4.78, 5) is 21.7. The minimum Gasteiger partial charge on any atom is -0.390 e. The first kappa shape index (κ1) is 24.8. The van der Waals surface area contributed by atoms with Crippen LogP contribution in [0.15, 0.2) is 55.2 Å². The van der Waals surface area contributed by atoms with Crippen LogP contribution in [0.3, 0.4) is 0 Å². The van der Waals surface area contributed by atoms with Crippen LogP contribution in [0.5, 0.6) is 0 Å². The number of nitrogens with one attached hydrogen (secondary N) is 2. The number of hydrogen-bond acceptors (Lipinski definition) is 8. The van der Waals surface area contributed by atoms with Gasteiger partial charge in [0.05, 0.1) is 17.2 Å². The summed E-state index contributed by atoms with van der Waals surface area (Å²) in [6, 6.07) is 9.19. The Kier molecular flexibility index (Phi) is 6.60. The third kappa shape index (κ3) is 4.89. The Morgan fingerprint density at radius 1 is 1.28 bits per heavy atom. The summed E-state index contributed by atoms with van der Waals surface area (Å²) in [6.45, 7) is 0. The van der Waals surface area contributed by atoms with Crippen LogP contribution in [0.4, 0.5) is 5.82 Å². The molecule has 2 aliphatic carbocycles. The fraction of sp³-hybridized carbons (Fsp3) is 0.375. The molecule has 3 aromatic rings. The molecular formula is C24H26ClN5O5S. The van der Waals surface area contributed by atoms with E-state index in [1.807, 2.05) is 36.7 Å². The third-order valence-electron chi connectivity index (χ3n) is 6.80. The molecule has 2 saturated carbocycles. The van der Waals surface area contributed by atoms with Gasteiger partial charge in [-0.3, -0.25) is 8.98 Å². The molecule has 190 valence electrons. The highest BCUT2D eigenvalue weighted by Gasteiger charge is 2.46. The number of aliphatic hydroxyl groups excluding tert-OH is 1. The van der Waals surface area contributed by atoms with Gasteiger partial charge in [0.25, 0.3) is 0 Å². The molecule has 2 aromatic heterocycles. The maximum absolute atomic E-state index is 13.4. The zero-order valence-corrected chi connectivity index (χ0v) is 21.0. The van der Waals surface area contributed by atoms with Crippen molar-refractivity contribution in [1.82, 2.24) is 19.3 Å². The zero-order chi connectivity index (χ0) is 25.5. The molecule has 36 heavy (non-hydrogen) atoms. The lowest BCUT2D eigenvalue weighted by molar-refractivity contribution is 0.0636. The Morgan fingerprint density at radius 2 is 2.08 bits per heavy atom. The van der Waals surface area contributed by atoms with E-state index in [9.17, 15) is 18.3 Å². The number of carbonyl (C=O) groups is 1. The van der Waals surface area contributed by atoms with Gasteiger partial charge in [0.15, 0.2) is 5.78 Å². The van der Waals surface area contributed by atoms with Gasteiger partial charge in [-0.15, -0.1) is 0 Å². The van der Waals surface area contributed by atoms with Crippen LogP contribution in [-0.2, 0) is 20.0 Å². The number of halogens is 1. The van der Waals surface area contributed by atoms with Crippen LogP contribution in [0, 0.1) is 0 Å². The van der Waals surface area contributed by atoms with E-state index in [-0.39, 0.29) is 35.8 Å². The van der Waals surface area contributed by atoms with E-state index in [1.165, 1.54) is 19.6 Å². The summed E-state index contributed by atoms with van der Waals surface area (Å²) in [6.07, 6.45) is 6.98. The van der Waals surface area contributed by atoms with Gasteiger partial charge in [-0.25, -0.2) is 9.97 Å². The van der Waals surface area contributed by atoms with Gasteiger partial charge in [-0.05, 0) is 49.4 Å². The monoisotopic (exact) mass is 531 g/mol. The molecule has 12 heteroatoms. The lowest BCUT2D eigenvalue weighted by Crippen LogP contribution is -2.31. The fourth-order valence-corrected chi connectivity index (χ4v) is 5.58. The van der Waals surface area contributed by atoms with Crippen LogP contribution in [0.2, 0.25) is 5.02 Å². The van der Waals surface area contributed by atoms with Crippen molar-refractivity contribution in [2.24, 2.45) is 0 Å². The van der Waals surface area contributed by atoms with E-state index < -0.39 is 22.5 Å². The number of nitrogens with zero attached hydrogens (tertiary/aromatic N) is 3. The van der Waals surface area contributed by atoms with Gasteiger partial charge >= 0.3 is 10.3 Å². The predicted octanol–water partition coefficient (Wildman–Crippen LogP) is 2.48. The van der Waals surface area contributed by atoms with Crippen molar-refractivity contribution in [1.29, 1.82) is 0 Å². The molecule has 10 nitrogen and oxygen atoms in total. The molecule has 0 saturated heterocycles. The van der Waals surface area contributed by atoms with E-state index >= 15 is 0 Å². The number of hydrogen-bond donors (Lipinski definition) is 3. The molecule has 0 unspecified atom stereocenters. The number of anilines is 1. The van der Waals surface area contributed by atoms with Crippen molar-refractivity contribution in [3.05, 3.63) is 77.0 Å². The highest BCUT2D eigenvalue weighted by Crippen LogP contribution is 2.50. The molecule has 5 rings (SSSR count). The van der Waals surface area contributed by atoms with Gasteiger partial charge in [0.1, 0.15) is 18.2 Å². The summed E-state index contributed by atoms with van der Waals surface area (Å²) in [5, 5.41) is 14.1. The molecule has 2 fully saturated rings. The van der Waals surface area contributed by atoms with Crippen molar-refractivity contribution in [3.63, 3.8) is 0 Å². The normalized spacial score (nSPS) is 22.9. The van der Waals surface area contributed by atoms with Crippen LogP contribution in [0.25, 0.3) is 0 Å². The Bertz CT molecular complexity index is 1390. The highest BCUT2D eigenvalue weighted by molar-refractivity contribution is 7.84. The average Bonchev–Trinajstić information content (AvgIpc) is 3.39. The summed E-state index contributed by atoms with van der Waals surface area (Å²) in [7, 11) is -2.71. The molecule has 3 N–H and O–H groups in total. The van der Waals surface area contributed by atoms with Crippen LogP contribution in [0.1, 0.15) is 47.2 Å². The van der Waals surface area contributed by atoms with Gasteiger partial charge in [0, 0.05) is 42.3 Å². The lowest BCUT2D eigenvalue weighted by atomic mass is 10.0. The van der Waals surface area contributed by atoms with Crippen molar-refractivity contribution in [2.45, 2.75) is 49.5 Å². The standard InChI is InChI=1S/C24H26ClN5O5S/c1-26-36(33,34)35-21-11-18(10-20(21)31)29-23-19(12-27-14-28-23)22(32)15-5-8-30(13-15)24(6-7-24)16-3-2-4-17(25)9-16/h2-5,8-9,12-14,18,20-21,26,31H,6-7,10-11H2,1H3,(H,27,28,29)/t18-,20+,21-/m1/s1. The van der Waals surface area contributed by atoms with Crippen molar-refractivity contribution in [3.8, 4) is 0 Å². The number of carbonyl (C=O) groups excluding carboxylic acids is 1. The van der Waals surface area contributed by atoms with Crippen LogP contribution < -0.4 is 10.0 Å². The summed E-state index contributed by atoms with van der Waals surface area (Å²) < 4.78 is 32.6. The van der Waals surface area contributed by atoms with E-state index in [0.717, 1.165) is 18.4 Å². The van der Waals surface area contributed by atoms with Crippen molar-refractivity contribution in [2.75, 3.05) is 12.4 Å². The fourth-order valence-electron chi connectivity index (χ4n) is 4.76. The molecule has 0 spiro atoms. The predicted molar refractivity (Wildman–Crippen MR) is 133 cm³/mol. The summed E-state index contributed by atoms with van der Waals surface area (Å²) in [5.74, 6) is 0.0656. The molecule has 2 aliphatic rings. The minimum atomic E-state index is -3.94. The van der Waals surface area contributed by atoms with E-state index in [4.69, 9.17) is 15.8 Å². The van der Waals surface area contributed by atoms with Gasteiger partial charge in [-0.1, -0.05) is 23.7 Å². The Labute approximate surface area is 213 Å². The maximum Gasteiger partial charge on any atom is 0.335 e. The maximum atomic E-state index is 13.4. The first-order valence-corrected chi connectivity index (χ1v) is 13.3. The van der Waals surface area contributed by atoms with Crippen molar-refractivity contribution >= 4 is 33.5 Å². The first-order valence-electron chi connectivity index (χ1n) is 11.6. The van der Waals surface area contributed by atoms with Gasteiger partial charge in [-0.2, -0.15) is 13.1 Å². The average molecular weight is 532 g/mol. The Morgan fingerprint density at radius 3 is 2.81 bits per heavy atom. The zero-order valence-electron chi connectivity index (χ0n) is 19.5. The van der Waals surface area contributed by atoms with Crippen molar-refractivity contribution < 1.29 is 22.5 Å².